The van der Waals surface area contributed by atoms with Crippen LogP contribution in [0.4, 0.5) is 0 Å². The van der Waals surface area contributed by atoms with E-state index in [-0.39, 0.29) is 12.5 Å². The van der Waals surface area contributed by atoms with E-state index in [1.165, 1.54) is 9.78 Å². The van der Waals surface area contributed by atoms with Crippen molar-refractivity contribution in [1.29, 1.82) is 0 Å². The fourth-order valence-electron chi connectivity index (χ4n) is 1.50. The van der Waals surface area contributed by atoms with E-state index < -0.39 is 0 Å². The van der Waals surface area contributed by atoms with Gasteiger partial charge >= 0.3 is 0 Å². The molecule has 0 aliphatic carbocycles. The first-order chi connectivity index (χ1) is 10.4. The van der Waals surface area contributed by atoms with Crippen molar-refractivity contribution in [1.82, 2.24) is 20.5 Å². The normalized spacial score (nSPS) is 11.2. The van der Waals surface area contributed by atoms with Gasteiger partial charge in [-0.2, -0.15) is 0 Å². The summed E-state index contributed by atoms with van der Waals surface area (Å²) in [5.74, 6) is 0.582. The standard InChI is InChI=1S/C15H25N5OS/c1-11(2)8-18-15(19-10-14(21)20(4)5)16-7-6-13-17-9-12(3)22-13/h9H,1,6-8,10H2,2-5H3,(H2,16,18,19). The van der Waals surface area contributed by atoms with Gasteiger partial charge in [-0.25, -0.2) is 9.98 Å². The smallest absolute Gasteiger partial charge is 0.243 e. The minimum atomic E-state index is -0.0352. The molecule has 0 unspecified atom stereocenters. The van der Waals surface area contributed by atoms with E-state index in [0.29, 0.717) is 19.0 Å². The summed E-state index contributed by atoms with van der Waals surface area (Å²) in [6.45, 7) is 9.29. The second kappa shape index (κ2) is 9.19. The Morgan fingerprint density at radius 3 is 2.73 bits per heavy atom. The van der Waals surface area contributed by atoms with Crippen molar-refractivity contribution in [3.05, 3.63) is 28.2 Å². The summed E-state index contributed by atoms with van der Waals surface area (Å²) in [5, 5.41) is 7.47. The number of hydrogen-bond acceptors (Lipinski definition) is 4. The maximum absolute atomic E-state index is 11.6. The molecule has 22 heavy (non-hydrogen) atoms. The third-order valence-electron chi connectivity index (χ3n) is 2.73. The molecule has 0 bridgehead atoms. The topological polar surface area (TPSA) is 69.6 Å². The number of hydrogen-bond donors (Lipinski definition) is 2. The SMILES string of the molecule is C=C(C)CNC(=NCC(=O)N(C)C)NCCc1ncc(C)s1. The summed E-state index contributed by atoms with van der Waals surface area (Å²) < 4.78 is 0. The zero-order chi connectivity index (χ0) is 16.5. The fraction of sp³-hybridized carbons (Fsp3) is 0.533. The lowest BCUT2D eigenvalue weighted by atomic mass is 10.3. The van der Waals surface area contributed by atoms with E-state index in [0.717, 1.165) is 17.0 Å². The zero-order valence-electron chi connectivity index (χ0n) is 13.8. The third-order valence-corrected chi connectivity index (χ3v) is 3.70. The van der Waals surface area contributed by atoms with Gasteiger partial charge in [0.25, 0.3) is 0 Å². The van der Waals surface area contributed by atoms with Crippen LogP contribution in [-0.4, -0.2) is 55.5 Å². The molecular formula is C15H25N5OS. The predicted octanol–water partition coefficient (Wildman–Crippen LogP) is 1.19. The maximum Gasteiger partial charge on any atom is 0.243 e. The number of carbonyl (C=O) groups excluding carboxylic acids is 1. The highest BCUT2D eigenvalue weighted by Crippen LogP contribution is 2.10. The summed E-state index contributed by atoms with van der Waals surface area (Å²) in [6.07, 6.45) is 2.71. The highest BCUT2D eigenvalue weighted by Gasteiger charge is 2.05. The average molecular weight is 323 g/mol. The van der Waals surface area contributed by atoms with Crippen LogP contribution in [-0.2, 0) is 11.2 Å². The van der Waals surface area contributed by atoms with Gasteiger partial charge < -0.3 is 15.5 Å². The predicted molar refractivity (Wildman–Crippen MR) is 92.4 cm³/mol. The third kappa shape index (κ3) is 7.21. The molecule has 0 radical (unpaired) electrons. The van der Waals surface area contributed by atoms with Crippen LogP contribution in [0.25, 0.3) is 0 Å². The number of rotatable bonds is 7. The fourth-order valence-corrected chi connectivity index (χ4v) is 2.29. The highest BCUT2D eigenvalue weighted by atomic mass is 32.1. The highest BCUT2D eigenvalue weighted by molar-refractivity contribution is 7.11. The van der Waals surface area contributed by atoms with Crippen molar-refractivity contribution in [3.63, 3.8) is 0 Å². The summed E-state index contributed by atoms with van der Waals surface area (Å²) in [5.41, 5.74) is 1.00. The number of thiazole rings is 1. The molecule has 122 valence electrons. The van der Waals surface area contributed by atoms with Gasteiger partial charge in [-0.05, 0) is 13.8 Å². The molecule has 2 N–H and O–H groups in total. The monoisotopic (exact) mass is 323 g/mol. The summed E-state index contributed by atoms with van der Waals surface area (Å²) in [4.78, 5) is 23.0. The van der Waals surface area contributed by atoms with Crippen LogP contribution in [0, 0.1) is 6.92 Å². The van der Waals surface area contributed by atoms with Gasteiger partial charge in [-0.3, -0.25) is 4.79 Å². The molecular weight excluding hydrogens is 298 g/mol. The van der Waals surface area contributed by atoms with Gasteiger partial charge in [-0.1, -0.05) is 12.2 Å². The van der Waals surface area contributed by atoms with Crippen molar-refractivity contribution in [3.8, 4) is 0 Å². The number of nitrogens with one attached hydrogen (secondary N) is 2. The molecule has 0 fully saturated rings. The largest absolute Gasteiger partial charge is 0.356 e. The van der Waals surface area contributed by atoms with E-state index in [9.17, 15) is 4.79 Å². The molecule has 1 aromatic rings. The number of aliphatic imine (C=N–C) groups is 1. The zero-order valence-corrected chi connectivity index (χ0v) is 14.6. The Bertz CT molecular complexity index is 536. The number of guanidine groups is 1. The molecule has 7 heteroatoms. The Balaban J connectivity index is 2.51. The Morgan fingerprint density at radius 2 is 2.18 bits per heavy atom. The first-order valence-corrected chi connectivity index (χ1v) is 7.98. The second-order valence-corrected chi connectivity index (χ2v) is 6.62. The molecule has 0 saturated carbocycles. The molecule has 6 nitrogen and oxygen atoms in total. The Labute approximate surface area is 136 Å². The van der Waals surface area contributed by atoms with E-state index in [4.69, 9.17) is 0 Å². The number of likely N-dealkylation sites (N-methyl/N-ethyl adjacent to an activating group) is 1. The van der Waals surface area contributed by atoms with Gasteiger partial charge in [0.1, 0.15) is 6.54 Å². The number of nitrogens with zero attached hydrogens (tertiary/aromatic N) is 3. The number of aromatic nitrogens is 1. The number of amides is 1. The Kier molecular flexibility index (Phi) is 7.59. The summed E-state index contributed by atoms with van der Waals surface area (Å²) in [7, 11) is 3.44. The summed E-state index contributed by atoms with van der Waals surface area (Å²) >= 11 is 1.69. The van der Waals surface area contributed by atoms with E-state index in [1.807, 2.05) is 20.0 Å². The lowest BCUT2D eigenvalue weighted by molar-refractivity contribution is -0.127. The van der Waals surface area contributed by atoms with Crippen molar-refractivity contribution in [2.24, 2.45) is 4.99 Å². The molecule has 0 saturated heterocycles. The molecule has 0 atom stereocenters. The molecule has 1 rings (SSSR count). The van der Waals surface area contributed by atoms with E-state index >= 15 is 0 Å². The van der Waals surface area contributed by atoms with Crippen LogP contribution in [0.5, 0.6) is 0 Å². The molecule has 1 amide bonds. The van der Waals surface area contributed by atoms with Crippen LogP contribution >= 0.6 is 11.3 Å². The quantitative estimate of drug-likeness (QED) is 0.449. The lowest BCUT2D eigenvalue weighted by Gasteiger charge is -2.13. The van der Waals surface area contributed by atoms with E-state index in [2.05, 4.69) is 27.2 Å². The van der Waals surface area contributed by atoms with Crippen LogP contribution < -0.4 is 10.6 Å². The van der Waals surface area contributed by atoms with Crippen molar-refractivity contribution < 1.29 is 4.79 Å². The molecule has 0 aromatic carbocycles. The summed E-state index contributed by atoms with van der Waals surface area (Å²) in [6, 6.07) is 0. The van der Waals surface area contributed by atoms with Crippen LogP contribution in [0.2, 0.25) is 0 Å². The van der Waals surface area contributed by atoms with Gasteiger partial charge in [0.15, 0.2) is 5.96 Å². The van der Waals surface area contributed by atoms with Gasteiger partial charge in [0.2, 0.25) is 5.91 Å². The molecule has 0 spiro atoms. The maximum atomic E-state index is 11.6. The van der Waals surface area contributed by atoms with Gasteiger partial charge in [0.05, 0.1) is 5.01 Å². The number of aryl methyl sites for hydroxylation is 1. The molecule has 0 aliphatic heterocycles. The van der Waals surface area contributed by atoms with Gasteiger partial charge in [-0.15, -0.1) is 11.3 Å². The minimum Gasteiger partial charge on any atom is -0.356 e. The molecule has 0 aliphatic rings. The molecule has 1 aromatic heterocycles. The number of carbonyl (C=O) groups is 1. The Morgan fingerprint density at radius 1 is 1.45 bits per heavy atom. The molecule has 1 heterocycles. The van der Waals surface area contributed by atoms with Crippen LogP contribution in [0.1, 0.15) is 16.8 Å². The van der Waals surface area contributed by atoms with Crippen molar-refractivity contribution in [2.45, 2.75) is 20.3 Å². The van der Waals surface area contributed by atoms with Gasteiger partial charge in [0, 0.05) is 44.7 Å². The minimum absolute atomic E-state index is 0.0352. The van der Waals surface area contributed by atoms with Crippen LogP contribution in [0.15, 0.2) is 23.3 Å². The van der Waals surface area contributed by atoms with Crippen molar-refractivity contribution in [2.75, 3.05) is 33.7 Å². The lowest BCUT2D eigenvalue weighted by Crippen LogP contribution is -2.40. The van der Waals surface area contributed by atoms with E-state index in [1.54, 1.807) is 25.4 Å². The van der Waals surface area contributed by atoms with Crippen molar-refractivity contribution >= 4 is 23.2 Å². The Hall–Kier alpha value is -1.89. The first kappa shape index (κ1) is 18.2. The van der Waals surface area contributed by atoms with Crippen LogP contribution in [0.3, 0.4) is 0 Å². The second-order valence-electron chi connectivity index (χ2n) is 5.31. The average Bonchev–Trinajstić information content (AvgIpc) is 2.86. The first-order valence-electron chi connectivity index (χ1n) is 7.16.